The van der Waals surface area contributed by atoms with Gasteiger partial charge in [0.2, 0.25) is 0 Å². The highest BCUT2D eigenvalue weighted by molar-refractivity contribution is 6.05. The van der Waals surface area contributed by atoms with Crippen LogP contribution in [0.25, 0.3) is 16.6 Å². The van der Waals surface area contributed by atoms with Crippen molar-refractivity contribution in [2.75, 3.05) is 5.32 Å². The van der Waals surface area contributed by atoms with Crippen LogP contribution < -0.4 is 10.9 Å². The van der Waals surface area contributed by atoms with E-state index in [1.807, 2.05) is 13.0 Å². The van der Waals surface area contributed by atoms with E-state index in [0.29, 0.717) is 22.5 Å². The van der Waals surface area contributed by atoms with E-state index in [9.17, 15) is 9.59 Å². The summed E-state index contributed by atoms with van der Waals surface area (Å²) in [5.41, 5.74) is 1.83. The number of amides is 1. The first-order valence-corrected chi connectivity index (χ1v) is 7.69. The van der Waals surface area contributed by atoms with E-state index < -0.39 is 11.5 Å². The van der Waals surface area contributed by atoms with Crippen LogP contribution in [0.15, 0.2) is 51.8 Å². The van der Waals surface area contributed by atoms with Crippen molar-refractivity contribution >= 4 is 28.2 Å². The van der Waals surface area contributed by atoms with Gasteiger partial charge >= 0.3 is 5.63 Å². The lowest BCUT2D eigenvalue weighted by molar-refractivity contribution is 0.102. The molecule has 7 nitrogen and oxygen atoms in total. The minimum absolute atomic E-state index is 0.0498. The fraction of sp³-hybridized carbons (Fsp3) is 0.111. The van der Waals surface area contributed by atoms with Gasteiger partial charge in [0.1, 0.15) is 17.0 Å². The van der Waals surface area contributed by atoms with Gasteiger partial charge in [-0.2, -0.15) is 5.10 Å². The molecular formula is C18H14N4O3. The average molecular weight is 334 g/mol. The van der Waals surface area contributed by atoms with Crippen LogP contribution >= 0.6 is 0 Å². The van der Waals surface area contributed by atoms with Crippen molar-refractivity contribution in [3.8, 4) is 0 Å². The van der Waals surface area contributed by atoms with Crippen molar-refractivity contribution in [2.45, 2.75) is 13.8 Å². The van der Waals surface area contributed by atoms with Crippen LogP contribution in [0.4, 0.5) is 5.69 Å². The van der Waals surface area contributed by atoms with E-state index in [2.05, 4.69) is 15.4 Å². The van der Waals surface area contributed by atoms with Crippen molar-refractivity contribution in [1.29, 1.82) is 0 Å². The second kappa shape index (κ2) is 5.55. The molecule has 124 valence electrons. The lowest BCUT2D eigenvalue weighted by Gasteiger charge is -2.07. The number of pyridine rings is 1. The van der Waals surface area contributed by atoms with Crippen molar-refractivity contribution in [2.24, 2.45) is 0 Å². The molecule has 0 aliphatic rings. The summed E-state index contributed by atoms with van der Waals surface area (Å²) >= 11 is 0. The van der Waals surface area contributed by atoms with Crippen molar-refractivity contribution < 1.29 is 9.21 Å². The summed E-state index contributed by atoms with van der Waals surface area (Å²) in [6, 6.07) is 10.4. The van der Waals surface area contributed by atoms with Crippen molar-refractivity contribution in [1.82, 2.24) is 14.6 Å². The smallest absolute Gasteiger partial charge is 0.349 e. The van der Waals surface area contributed by atoms with Crippen molar-refractivity contribution in [3.63, 3.8) is 0 Å². The second-order valence-corrected chi connectivity index (χ2v) is 5.78. The maximum Gasteiger partial charge on any atom is 0.349 e. The SMILES string of the molecule is Cc1nc2c(C)cc(NC(=O)c3cc4ccccc4oc3=O)cn2n1. The topological polar surface area (TPSA) is 89.5 Å². The van der Waals surface area contributed by atoms with Crippen LogP contribution in [0, 0.1) is 13.8 Å². The molecule has 0 aliphatic heterocycles. The molecule has 1 amide bonds. The fourth-order valence-corrected chi connectivity index (χ4v) is 2.74. The first-order chi connectivity index (χ1) is 12.0. The third kappa shape index (κ3) is 2.65. The molecule has 0 spiro atoms. The summed E-state index contributed by atoms with van der Waals surface area (Å²) in [6.45, 7) is 3.68. The molecule has 3 heterocycles. The number of nitrogens with zero attached hydrogens (tertiary/aromatic N) is 3. The summed E-state index contributed by atoms with van der Waals surface area (Å²) in [7, 11) is 0. The highest BCUT2D eigenvalue weighted by Crippen LogP contribution is 2.17. The van der Waals surface area contributed by atoms with E-state index in [4.69, 9.17) is 4.42 Å². The monoisotopic (exact) mass is 334 g/mol. The van der Waals surface area contributed by atoms with Gasteiger partial charge in [0.05, 0.1) is 11.9 Å². The average Bonchev–Trinajstić information content (AvgIpc) is 2.95. The molecule has 25 heavy (non-hydrogen) atoms. The zero-order chi connectivity index (χ0) is 17.6. The van der Waals surface area contributed by atoms with Gasteiger partial charge in [-0.25, -0.2) is 14.3 Å². The molecule has 0 bridgehead atoms. The first kappa shape index (κ1) is 15.1. The zero-order valence-electron chi connectivity index (χ0n) is 13.6. The summed E-state index contributed by atoms with van der Waals surface area (Å²) in [6.07, 6.45) is 1.66. The minimum Gasteiger partial charge on any atom is -0.422 e. The van der Waals surface area contributed by atoms with Gasteiger partial charge in [-0.3, -0.25) is 4.79 Å². The van der Waals surface area contributed by atoms with Gasteiger partial charge in [-0.1, -0.05) is 18.2 Å². The quantitative estimate of drug-likeness (QED) is 0.569. The summed E-state index contributed by atoms with van der Waals surface area (Å²) in [5.74, 6) is 0.108. The van der Waals surface area contributed by atoms with Crippen LogP contribution in [0.3, 0.4) is 0 Å². The summed E-state index contributed by atoms with van der Waals surface area (Å²) < 4.78 is 6.81. The number of hydrogen-bond donors (Lipinski definition) is 1. The zero-order valence-corrected chi connectivity index (χ0v) is 13.6. The predicted molar refractivity (Wildman–Crippen MR) is 92.9 cm³/mol. The minimum atomic E-state index is -0.675. The molecule has 0 unspecified atom stereocenters. The van der Waals surface area contributed by atoms with Gasteiger partial charge in [0.25, 0.3) is 5.91 Å². The number of aryl methyl sites for hydroxylation is 2. The lowest BCUT2D eigenvalue weighted by atomic mass is 10.1. The number of fused-ring (bicyclic) bond motifs is 2. The van der Waals surface area contributed by atoms with E-state index >= 15 is 0 Å². The highest BCUT2D eigenvalue weighted by Gasteiger charge is 2.15. The maximum atomic E-state index is 12.5. The van der Waals surface area contributed by atoms with Crippen LogP contribution in [0.2, 0.25) is 0 Å². The molecular weight excluding hydrogens is 320 g/mol. The Hall–Kier alpha value is -3.48. The Labute approximate surface area is 141 Å². The third-order valence-corrected chi connectivity index (χ3v) is 3.87. The Kier molecular flexibility index (Phi) is 3.35. The molecule has 7 heteroatoms. The predicted octanol–water partition coefficient (Wildman–Crippen LogP) is 2.70. The molecule has 0 saturated heterocycles. The number of benzene rings is 1. The molecule has 1 N–H and O–H groups in total. The van der Waals surface area contributed by atoms with Gasteiger partial charge in [0.15, 0.2) is 5.65 Å². The fourth-order valence-electron chi connectivity index (χ4n) is 2.74. The lowest BCUT2D eigenvalue weighted by Crippen LogP contribution is -2.21. The Morgan fingerprint density at radius 1 is 1.20 bits per heavy atom. The number of carbonyl (C=O) groups excluding carboxylic acids is 1. The van der Waals surface area contributed by atoms with Crippen LogP contribution in [0.1, 0.15) is 21.7 Å². The van der Waals surface area contributed by atoms with Gasteiger partial charge in [-0.05, 0) is 37.6 Å². The van der Waals surface area contributed by atoms with Crippen LogP contribution in [0.5, 0.6) is 0 Å². The number of anilines is 1. The van der Waals surface area contributed by atoms with Crippen LogP contribution in [-0.2, 0) is 0 Å². The largest absolute Gasteiger partial charge is 0.422 e. The second-order valence-electron chi connectivity index (χ2n) is 5.78. The summed E-state index contributed by atoms with van der Waals surface area (Å²) in [4.78, 5) is 28.9. The molecule has 3 aromatic heterocycles. The van der Waals surface area contributed by atoms with Crippen LogP contribution in [-0.4, -0.2) is 20.5 Å². The molecule has 1 aromatic carbocycles. The molecule has 0 aliphatic carbocycles. The number of hydrogen-bond acceptors (Lipinski definition) is 5. The Morgan fingerprint density at radius 3 is 2.84 bits per heavy atom. The standard InChI is InChI=1S/C18H14N4O3/c1-10-7-13(9-22-16(10)19-11(2)21-22)20-17(23)14-8-12-5-3-4-6-15(12)25-18(14)24/h3-9H,1-2H3,(H,20,23). The number of rotatable bonds is 2. The highest BCUT2D eigenvalue weighted by atomic mass is 16.4. The van der Waals surface area contributed by atoms with E-state index in [-0.39, 0.29) is 5.56 Å². The van der Waals surface area contributed by atoms with Gasteiger partial charge in [-0.15, -0.1) is 0 Å². The molecule has 4 aromatic rings. The Bertz CT molecular complexity index is 1190. The Morgan fingerprint density at radius 2 is 2.00 bits per heavy atom. The molecule has 0 saturated carbocycles. The number of aromatic nitrogens is 3. The number of para-hydroxylation sites is 1. The molecule has 0 atom stereocenters. The number of nitrogens with one attached hydrogen (secondary N) is 1. The maximum absolute atomic E-state index is 12.5. The van der Waals surface area contributed by atoms with Gasteiger partial charge in [0, 0.05) is 5.39 Å². The van der Waals surface area contributed by atoms with E-state index in [1.54, 1.807) is 41.9 Å². The van der Waals surface area contributed by atoms with E-state index in [0.717, 1.165) is 11.2 Å². The molecule has 0 radical (unpaired) electrons. The number of carbonyl (C=O) groups is 1. The van der Waals surface area contributed by atoms with Crippen molar-refractivity contribution in [3.05, 3.63) is 70.0 Å². The molecule has 4 rings (SSSR count). The third-order valence-electron chi connectivity index (χ3n) is 3.87. The normalized spacial score (nSPS) is 11.1. The summed E-state index contributed by atoms with van der Waals surface area (Å²) in [5, 5.41) is 7.65. The molecule has 0 fully saturated rings. The van der Waals surface area contributed by atoms with E-state index in [1.165, 1.54) is 6.07 Å². The van der Waals surface area contributed by atoms with Gasteiger partial charge < -0.3 is 9.73 Å². The Balaban J connectivity index is 1.72. The first-order valence-electron chi connectivity index (χ1n) is 7.69.